The predicted molar refractivity (Wildman–Crippen MR) is 57.9 cm³/mol. The predicted octanol–water partition coefficient (Wildman–Crippen LogP) is 5.51. The number of halogens is 9. The SMILES string of the molecule is Cc1ccc(SC(F)(F)C(F)(F)C(F)(F)C(F)(F)F)cc1. The highest BCUT2D eigenvalue weighted by atomic mass is 32.2. The number of rotatable bonds is 4. The lowest BCUT2D eigenvalue weighted by atomic mass is 10.1. The molecule has 1 aromatic rings. The average Bonchev–Trinajstić information content (AvgIpc) is 2.30. The second kappa shape index (κ2) is 5.29. The topological polar surface area (TPSA) is 0 Å². The molecular formula is C11H7F9S. The van der Waals surface area contributed by atoms with Gasteiger partial charge in [-0.1, -0.05) is 17.7 Å². The van der Waals surface area contributed by atoms with Crippen LogP contribution in [-0.2, 0) is 0 Å². The molecule has 10 heteroatoms. The molecule has 21 heavy (non-hydrogen) atoms. The lowest BCUT2D eigenvalue weighted by Crippen LogP contribution is -2.59. The largest absolute Gasteiger partial charge is 0.460 e. The van der Waals surface area contributed by atoms with E-state index in [4.69, 9.17) is 0 Å². The van der Waals surface area contributed by atoms with E-state index in [9.17, 15) is 39.5 Å². The van der Waals surface area contributed by atoms with Gasteiger partial charge in [0.25, 0.3) is 0 Å². The Labute approximate surface area is 117 Å². The second-order valence-electron chi connectivity index (χ2n) is 4.08. The average molecular weight is 342 g/mol. The van der Waals surface area contributed by atoms with Crippen LogP contribution in [0.2, 0.25) is 0 Å². The Morgan fingerprint density at radius 2 is 1.14 bits per heavy atom. The summed E-state index contributed by atoms with van der Waals surface area (Å²) in [7, 11) is 0. The molecule has 0 nitrogen and oxygen atoms in total. The zero-order valence-electron chi connectivity index (χ0n) is 10.1. The summed E-state index contributed by atoms with van der Waals surface area (Å²) < 4.78 is 113. The minimum atomic E-state index is -6.86. The lowest BCUT2D eigenvalue weighted by molar-refractivity contribution is -0.381. The Morgan fingerprint density at radius 1 is 0.714 bits per heavy atom. The number of benzene rings is 1. The normalized spacial score (nSPS) is 14.4. The first-order chi connectivity index (χ1) is 9.22. The van der Waals surface area contributed by atoms with Gasteiger partial charge in [-0.15, -0.1) is 0 Å². The Bertz CT molecular complexity index is 489. The number of alkyl halides is 9. The zero-order valence-corrected chi connectivity index (χ0v) is 10.9. The van der Waals surface area contributed by atoms with Gasteiger partial charge in [0.1, 0.15) is 0 Å². The quantitative estimate of drug-likeness (QED) is 0.513. The Balaban J connectivity index is 3.12. The highest BCUT2D eigenvalue weighted by molar-refractivity contribution is 8.00. The molecule has 0 saturated heterocycles. The van der Waals surface area contributed by atoms with Crippen molar-refractivity contribution >= 4 is 11.8 Å². The Hall–Kier alpha value is -1.06. The first kappa shape index (κ1) is 18.0. The van der Waals surface area contributed by atoms with Crippen LogP contribution in [0.3, 0.4) is 0 Å². The Morgan fingerprint density at radius 3 is 1.52 bits per heavy atom. The fourth-order valence-corrected chi connectivity index (χ4v) is 2.00. The van der Waals surface area contributed by atoms with Crippen LogP contribution in [0.4, 0.5) is 39.5 Å². The van der Waals surface area contributed by atoms with Crippen molar-refractivity contribution in [2.45, 2.75) is 35.1 Å². The highest BCUT2D eigenvalue weighted by Crippen LogP contribution is 2.57. The maximum absolute atomic E-state index is 13.2. The fraction of sp³-hybridized carbons (Fsp3) is 0.455. The zero-order chi connectivity index (χ0) is 16.7. The minimum Gasteiger partial charge on any atom is -0.191 e. The molecule has 1 rings (SSSR count). The van der Waals surface area contributed by atoms with Crippen molar-refractivity contribution in [3.8, 4) is 0 Å². The molecule has 0 fully saturated rings. The fourth-order valence-electron chi connectivity index (χ4n) is 1.18. The number of hydrogen-bond acceptors (Lipinski definition) is 1. The van der Waals surface area contributed by atoms with Crippen LogP contribution in [0, 0.1) is 6.92 Å². The monoisotopic (exact) mass is 342 g/mol. The molecule has 0 aromatic heterocycles. The molecule has 0 atom stereocenters. The Kier molecular flexibility index (Phi) is 4.53. The molecule has 0 aliphatic carbocycles. The second-order valence-corrected chi connectivity index (χ2v) is 5.27. The van der Waals surface area contributed by atoms with E-state index in [2.05, 4.69) is 0 Å². The van der Waals surface area contributed by atoms with E-state index in [1.165, 1.54) is 12.1 Å². The molecule has 0 saturated carbocycles. The van der Waals surface area contributed by atoms with Gasteiger partial charge in [0, 0.05) is 4.90 Å². The van der Waals surface area contributed by atoms with Crippen molar-refractivity contribution in [1.29, 1.82) is 0 Å². The molecule has 0 amide bonds. The summed E-state index contributed by atoms with van der Waals surface area (Å²) in [5.74, 6) is -13.5. The van der Waals surface area contributed by atoms with Gasteiger partial charge in [0.2, 0.25) is 0 Å². The van der Waals surface area contributed by atoms with E-state index in [-0.39, 0.29) is 0 Å². The maximum atomic E-state index is 13.2. The molecule has 120 valence electrons. The summed E-state index contributed by atoms with van der Waals surface area (Å²) in [5, 5.41) is -5.65. The van der Waals surface area contributed by atoms with E-state index in [1.54, 1.807) is 6.92 Å². The summed E-state index contributed by atoms with van der Waals surface area (Å²) in [4.78, 5) is -0.566. The highest BCUT2D eigenvalue weighted by Gasteiger charge is 2.82. The van der Waals surface area contributed by atoms with Crippen molar-refractivity contribution in [2.24, 2.45) is 0 Å². The van der Waals surface area contributed by atoms with Gasteiger partial charge in [-0.2, -0.15) is 39.5 Å². The van der Waals surface area contributed by atoms with E-state index >= 15 is 0 Å². The van der Waals surface area contributed by atoms with Gasteiger partial charge < -0.3 is 0 Å². The van der Waals surface area contributed by atoms with E-state index in [0.717, 1.165) is 12.1 Å². The van der Waals surface area contributed by atoms with Crippen molar-refractivity contribution in [3.05, 3.63) is 29.8 Å². The van der Waals surface area contributed by atoms with E-state index in [1.807, 2.05) is 0 Å². The minimum absolute atomic E-state index is 0.565. The molecule has 0 N–H and O–H groups in total. The lowest BCUT2D eigenvalue weighted by Gasteiger charge is -2.33. The first-order valence-corrected chi connectivity index (χ1v) is 6.00. The molecule has 0 spiro atoms. The standard InChI is InChI=1S/C11H7F9S/c1-6-2-4-7(5-3-6)21-11(19,20)9(14,15)8(12,13)10(16,17)18/h2-5H,1H3. The molecule has 0 heterocycles. The van der Waals surface area contributed by atoms with E-state index in [0.29, 0.717) is 5.56 Å². The summed E-state index contributed by atoms with van der Waals surface area (Å²) in [6.07, 6.45) is -6.80. The summed E-state index contributed by atoms with van der Waals surface area (Å²) in [6.45, 7) is 1.54. The molecule has 0 aliphatic rings. The molecule has 0 radical (unpaired) electrons. The maximum Gasteiger partial charge on any atom is 0.460 e. The van der Waals surface area contributed by atoms with E-state index < -0.39 is 39.9 Å². The number of aryl methyl sites for hydroxylation is 1. The van der Waals surface area contributed by atoms with Gasteiger partial charge in [-0.05, 0) is 30.8 Å². The third kappa shape index (κ3) is 3.24. The van der Waals surface area contributed by atoms with Crippen LogP contribution >= 0.6 is 11.8 Å². The molecule has 1 aromatic carbocycles. The van der Waals surface area contributed by atoms with Gasteiger partial charge in [-0.25, -0.2) is 0 Å². The smallest absolute Gasteiger partial charge is 0.191 e. The first-order valence-electron chi connectivity index (χ1n) is 5.18. The van der Waals surface area contributed by atoms with Crippen LogP contribution in [0.15, 0.2) is 29.2 Å². The third-order valence-corrected chi connectivity index (χ3v) is 3.40. The van der Waals surface area contributed by atoms with Gasteiger partial charge in [-0.3, -0.25) is 0 Å². The summed E-state index contributed by atoms with van der Waals surface area (Å²) >= 11 is -1.06. The van der Waals surface area contributed by atoms with Gasteiger partial charge in [0.15, 0.2) is 0 Å². The van der Waals surface area contributed by atoms with Crippen LogP contribution in [0.5, 0.6) is 0 Å². The molecule has 0 bridgehead atoms. The summed E-state index contributed by atoms with van der Waals surface area (Å²) in [6, 6.07) is 4.27. The van der Waals surface area contributed by atoms with Crippen molar-refractivity contribution in [1.82, 2.24) is 0 Å². The van der Waals surface area contributed by atoms with Crippen molar-refractivity contribution in [3.63, 3.8) is 0 Å². The number of thioether (sulfide) groups is 1. The van der Waals surface area contributed by atoms with Gasteiger partial charge in [0.05, 0.1) is 0 Å². The molecule has 0 unspecified atom stereocenters. The van der Waals surface area contributed by atoms with Crippen LogP contribution in [-0.4, -0.2) is 23.3 Å². The van der Waals surface area contributed by atoms with Gasteiger partial charge >= 0.3 is 23.3 Å². The number of hydrogen-bond donors (Lipinski definition) is 0. The summed E-state index contributed by atoms with van der Waals surface area (Å²) in [5.41, 5.74) is 0.565. The van der Waals surface area contributed by atoms with Crippen LogP contribution in [0.1, 0.15) is 5.56 Å². The van der Waals surface area contributed by atoms with Crippen LogP contribution in [0.25, 0.3) is 0 Å². The molecule has 0 aliphatic heterocycles. The van der Waals surface area contributed by atoms with Crippen molar-refractivity contribution < 1.29 is 39.5 Å². The molecular weight excluding hydrogens is 335 g/mol. The van der Waals surface area contributed by atoms with Crippen LogP contribution < -0.4 is 0 Å². The van der Waals surface area contributed by atoms with Crippen molar-refractivity contribution in [2.75, 3.05) is 0 Å². The third-order valence-electron chi connectivity index (χ3n) is 2.38.